The molecule has 80 valence electrons. The van der Waals surface area contributed by atoms with E-state index in [1.165, 1.54) is 28.0 Å². The normalized spacial score (nSPS) is 16.1. The maximum Gasteiger partial charge on any atom is 0.327 e. The molecule has 0 fully saturated rings. The maximum absolute atomic E-state index is 11.2. The first-order valence-electron chi connectivity index (χ1n) is 3.89. The molecule has 0 aromatic heterocycles. The fourth-order valence-electron chi connectivity index (χ4n) is 0.699. The summed E-state index contributed by atoms with van der Waals surface area (Å²) in [7, 11) is 1.57. The zero-order valence-corrected chi connectivity index (χ0v) is 9.37. The SMILES string of the molecule is COC(CCOP(C)(=O)OC)OC. The van der Waals surface area contributed by atoms with Gasteiger partial charge >= 0.3 is 7.60 Å². The Morgan fingerprint density at radius 3 is 2.15 bits per heavy atom. The van der Waals surface area contributed by atoms with Crippen molar-refractivity contribution in [2.75, 3.05) is 34.6 Å². The summed E-state index contributed by atoms with van der Waals surface area (Å²) in [5.41, 5.74) is 0. The van der Waals surface area contributed by atoms with Gasteiger partial charge in [-0.2, -0.15) is 0 Å². The highest BCUT2D eigenvalue weighted by molar-refractivity contribution is 7.52. The van der Waals surface area contributed by atoms with E-state index in [2.05, 4.69) is 4.52 Å². The van der Waals surface area contributed by atoms with Gasteiger partial charge in [-0.25, -0.2) is 0 Å². The Balaban J connectivity index is 3.60. The van der Waals surface area contributed by atoms with Crippen molar-refractivity contribution < 1.29 is 23.1 Å². The molecule has 1 atom stereocenters. The van der Waals surface area contributed by atoms with Gasteiger partial charge in [-0.3, -0.25) is 4.57 Å². The summed E-state index contributed by atoms with van der Waals surface area (Å²) in [5, 5.41) is 0. The molecule has 0 aliphatic carbocycles. The van der Waals surface area contributed by atoms with Gasteiger partial charge in [0.2, 0.25) is 0 Å². The topological polar surface area (TPSA) is 54.0 Å². The quantitative estimate of drug-likeness (QED) is 0.472. The molecule has 1 unspecified atom stereocenters. The zero-order chi connectivity index (χ0) is 10.3. The van der Waals surface area contributed by atoms with E-state index >= 15 is 0 Å². The van der Waals surface area contributed by atoms with Crippen molar-refractivity contribution in [3.8, 4) is 0 Å². The predicted octanol–water partition coefficient (Wildman–Crippen LogP) is 1.48. The minimum absolute atomic E-state index is 0.286. The first-order chi connectivity index (χ1) is 6.05. The van der Waals surface area contributed by atoms with E-state index in [0.29, 0.717) is 6.42 Å². The monoisotopic (exact) mass is 212 g/mol. The summed E-state index contributed by atoms with van der Waals surface area (Å²) >= 11 is 0. The standard InChI is InChI=1S/C7H17O5P/c1-9-7(10-2)5-6-12-13(4,8)11-3/h7H,5-6H2,1-4H3. The lowest BCUT2D eigenvalue weighted by atomic mass is 10.4. The van der Waals surface area contributed by atoms with Crippen LogP contribution in [0, 0.1) is 0 Å². The summed E-state index contributed by atoms with van der Waals surface area (Å²) in [6.45, 7) is 1.70. The first kappa shape index (κ1) is 13.1. The largest absolute Gasteiger partial charge is 0.356 e. The van der Waals surface area contributed by atoms with Gasteiger partial charge in [0.1, 0.15) is 0 Å². The van der Waals surface area contributed by atoms with Gasteiger partial charge in [-0.05, 0) is 0 Å². The molecule has 13 heavy (non-hydrogen) atoms. The molecule has 0 saturated carbocycles. The average Bonchev–Trinajstić information content (AvgIpc) is 2.12. The molecule has 0 amide bonds. The number of ether oxygens (including phenoxy) is 2. The van der Waals surface area contributed by atoms with Crippen molar-refractivity contribution in [2.45, 2.75) is 12.7 Å². The third kappa shape index (κ3) is 6.18. The molecular formula is C7H17O5P. The summed E-state index contributed by atoms with van der Waals surface area (Å²) in [6.07, 6.45) is 0.200. The number of hydrogen-bond donors (Lipinski definition) is 0. The van der Waals surface area contributed by atoms with Crippen LogP contribution in [0.15, 0.2) is 0 Å². The Morgan fingerprint density at radius 1 is 1.23 bits per heavy atom. The lowest BCUT2D eigenvalue weighted by molar-refractivity contribution is -0.110. The predicted molar refractivity (Wildman–Crippen MR) is 48.9 cm³/mol. The van der Waals surface area contributed by atoms with Crippen LogP contribution in [0.4, 0.5) is 0 Å². The molecule has 0 spiro atoms. The summed E-state index contributed by atoms with van der Waals surface area (Å²) in [5.74, 6) is 0. The second kappa shape index (κ2) is 6.51. The van der Waals surface area contributed by atoms with Gasteiger partial charge in [0.15, 0.2) is 6.29 Å². The van der Waals surface area contributed by atoms with Crippen LogP contribution >= 0.6 is 7.60 Å². The van der Waals surface area contributed by atoms with E-state index < -0.39 is 7.60 Å². The van der Waals surface area contributed by atoms with Crippen molar-refractivity contribution in [1.82, 2.24) is 0 Å². The van der Waals surface area contributed by atoms with E-state index in [1.807, 2.05) is 0 Å². The van der Waals surface area contributed by atoms with Crippen LogP contribution in [-0.2, 0) is 23.1 Å². The summed E-state index contributed by atoms with van der Waals surface area (Å²) in [4.78, 5) is 0. The van der Waals surface area contributed by atoms with E-state index in [4.69, 9.17) is 14.0 Å². The van der Waals surface area contributed by atoms with Crippen LogP contribution in [0.25, 0.3) is 0 Å². The number of methoxy groups -OCH3 is 2. The summed E-state index contributed by atoms with van der Waals surface area (Å²) in [6, 6.07) is 0. The third-order valence-corrected chi connectivity index (χ3v) is 2.85. The second-order valence-electron chi connectivity index (χ2n) is 2.48. The Kier molecular flexibility index (Phi) is 6.55. The maximum atomic E-state index is 11.2. The molecule has 0 aromatic rings. The van der Waals surface area contributed by atoms with Crippen molar-refractivity contribution in [1.29, 1.82) is 0 Å². The zero-order valence-electron chi connectivity index (χ0n) is 8.48. The lowest BCUT2D eigenvalue weighted by Gasteiger charge is -2.15. The van der Waals surface area contributed by atoms with Crippen LogP contribution in [0.2, 0.25) is 0 Å². The molecule has 0 aromatic carbocycles. The van der Waals surface area contributed by atoms with Crippen LogP contribution < -0.4 is 0 Å². The molecule has 0 aliphatic heterocycles. The van der Waals surface area contributed by atoms with Gasteiger partial charge in [-0.15, -0.1) is 0 Å². The van der Waals surface area contributed by atoms with Gasteiger partial charge in [0.05, 0.1) is 6.61 Å². The Morgan fingerprint density at radius 2 is 1.77 bits per heavy atom. The molecular weight excluding hydrogens is 195 g/mol. The molecule has 0 N–H and O–H groups in total. The molecule has 0 aliphatic rings. The van der Waals surface area contributed by atoms with Gasteiger partial charge < -0.3 is 18.5 Å². The van der Waals surface area contributed by atoms with Crippen LogP contribution in [-0.4, -0.2) is 40.9 Å². The number of rotatable bonds is 7. The molecule has 6 heteroatoms. The minimum atomic E-state index is -2.86. The van der Waals surface area contributed by atoms with E-state index in [-0.39, 0.29) is 12.9 Å². The molecule has 0 heterocycles. The van der Waals surface area contributed by atoms with Gasteiger partial charge in [0, 0.05) is 34.4 Å². The van der Waals surface area contributed by atoms with Gasteiger partial charge in [-0.1, -0.05) is 0 Å². The highest BCUT2D eigenvalue weighted by atomic mass is 31.2. The molecule has 0 saturated heterocycles. The van der Waals surface area contributed by atoms with Gasteiger partial charge in [0.25, 0.3) is 0 Å². The minimum Gasteiger partial charge on any atom is -0.356 e. The van der Waals surface area contributed by atoms with Crippen LogP contribution in [0.3, 0.4) is 0 Å². The van der Waals surface area contributed by atoms with E-state index in [9.17, 15) is 4.57 Å². The first-order valence-corrected chi connectivity index (χ1v) is 5.88. The fraction of sp³-hybridized carbons (Fsp3) is 1.00. The van der Waals surface area contributed by atoms with Crippen molar-refractivity contribution in [3.05, 3.63) is 0 Å². The third-order valence-electron chi connectivity index (χ3n) is 1.54. The van der Waals surface area contributed by atoms with Crippen LogP contribution in [0.5, 0.6) is 0 Å². The van der Waals surface area contributed by atoms with Crippen molar-refractivity contribution in [3.63, 3.8) is 0 Å². The molecule has 0 radical (unpaired) electrons. The highest BCUT2D eigenvalue weighted by Crippen LogP contribution is 2.42. The lowest BCUT2D eigenvalue weighted by Crippen LogP contribution is -2.15. The smallest absolute Gasteiger partial charge is 0.327 e. The molecule has 0 rings (SSSR count). The Bertz CT molecular complexity index is 168. The van der Waals surface area contributed by atoms with Crippen molar-refractivity contribution >= 4 is 7.60 Å². The second-order valence-corrected chi connectivity index (χ2v) is 4.64. The summed E-state index contributed by atoms with van der Waals surface area (Å²) < 4.78 is 30.7. The Labute approximate surface area is 78.8 Å². The number of hydrogen-bond acceptors (Lipinski definition) is 5. The van der Waals surface area contributed by atoms with Crippen LogP contribution in [0.1, 0.15) is 6.42 Å². The Hall–Kier alpha value is 0.0700. The molecule has 0 bridgehead atoms. The molecule has 5 nitrogen and oxygen atoms in total. The average molecular weight is 212 g/mol. The van der Waals surface area contributed by atoms with E-state index in [0.717, 1.165) is 0 Å². The van der Waals surface area contributed by atoms with Crippen molar-refractivity contribution in [2.24, 2.45) is 0 Å². The fourth-order valence-corrected chi connectivity index (χ4v) is 1.24. The highest BCUT2D eigenvalue weighted by Gasteiger charge is 2.15. The van der Waals surface area contributed by atoms with E-state index in [1.54, 1.807) is 0 Å².